The van der Waals surface area contributed by atoms with Gasteiger partial charge in [0.2, 0.25) is 5.91 Å². The lowest BCUT2D eigenvalue weighted by atomic mass is 9.81. The van der Waals surface area contributed by atoms with E-state index in [1.54, 1.807) is 12.4 Å². The summed E-state index contributed by atoms with van der Waals surface area (Å²) in [5.41, 5.74) is 0. The van der Waals surface area contributed by atoms with E-state index >= 15 is 0 Å². The van der Waals surface area contributed by atoms with Crippen LogP contribution in [0.2, 0.25) is 0 Å². The molecule has 0 unspecified atom stereocenters. The lowest BCUT2D eigenvalue weighted by Gasteiger charge is -2.29. The third-order valence-corrected chi connectivity index (χ3v) is 3.55. The number of halogens is 3. The molecule has 1 aliphatic rings. The van der Waals surface area contributed by atoms with Gasteiger partial charge in [0, 0.05) is 18.3 Å². The van der Waals surface area contributed by atoms with Gasteiger partial charge < -0.3 is 10.3 Å². The Kier molecular flexibility index (Phi) is 4.11. The van der Waals surface area contributed by atoms with Crippen molar-refractivity contribution in [1.29, 1.82) is 0 Å². The smallest absolute Gasteiger partial charge is 0.349 e. The van der Waals surface area contributed by atoms with E-state index in [9.17, 15) is 18.0 Å². The van der Waals surface area contributed by atoms with Crippen molar-refractivity contribution < 1.29 is 18.0 Å². The molecule has 0 bridgehead atoms. The molecule has 2 rings (SSSR count). The van der Waals surface area contributed by atoms with E-state index in [2.05, 4.69) is 15.3 Å². The number of nitrogens with zero attached hydrogens (tertiary/aromatic N) is 1. The van der Waals surface area contributed by atoms with Gasteiger partial charge in [-0.15, -0.1) is 0 Å². The number of aromatic amines is 1. The van der Waals surface area contributed by atoms with Crippen molar-refractivity contribution in [2.24, 2.45) is 11.8 Å². The van der Waals surface area contributed by atoms with Crippen LogP contribution in [0.4, 0.5) is 13.2 Å². The Labute approximate surface area is 108 Å². The predicted octanol–water partition coefficient (Wildman–Crippen LogP) is 2.39. The highest BCUT2D eigenvalue weighted by molar-refractivity contribution is 5.78. The minimum absolute atomic E-state index is 0.0440. The second kappa shape index (κ2) is 5.63. The molecule has 19 heavy (non-hydrogen) atoms. The quantitative estimate of drug-likeness (QED) is 0.890. The zero-order valence-corrected chi connectivity index (χ0v) is 10.3. The van der Waals surface area contributed by atoms with Crippen LogP contribution in [0, 0.1) is 11.8 Å². The lowest BCUT2D eigenvalue weighted by molar-refractivity contribution is -0.184. The summed E-state index contributed by atoms with van der Waals surface area (Å²) in [4.78, 5) is 18.6. The number of aromatic nitrogens is 2. The Hall–Kier alpha value is -1.53. The lowest BCUT2D eigenvalue weighted by Crippen LogP contribution is -2.35. The summed E-state index contributed by atoms with van der Waals surface area (Å²) in [6.07, 6.45) is -0.214. The van der Waals surface area contributed by atoms with Gasteiger partial charge in [-0.05, 0) is 25.7 Å². The Morgan fingerprint density at radius 1 is 1.37 bits per heavy atom. The second-order valence-corrected chi connectivity index (χ2v) is 4.84. The number of hydrogen-bond acceptors (Lipinski definition) is 2. The fourth-order valence-corrected chi connectivity index (χ4v) is 2.39. The van der Waals surface area contributed by atoms with Gasteiger partial charge in [-0.3, -0.25) is 4.79 Å². The van der Waals surface area contributed by atoms with Crippen LogP contribution in [0.25, 0.3) is 0 Å². The van der Waals surface area contributed by atoms with Crippen LogP contribution < -0.4 is 5.32 Å². The zero-order chi connectivity index (χ0) is 13.9. The maximum absolute atomic E-state index is 12.5. The van der Waals surface area contributed by atoms with Crippen LogP contribution in [0.15, 0.2) is 12.4 Å². The Morgan fingerprint density at radius 2 is 2.05 bits per heavy atom. The summed E-state index contributed by atoms with van der Waals surface area (Å²) in [5, 5.41) is 2.69. The first-order chi connectivity index (χ1) is 8.97. The largest absolute Gasteiger partial charge is 0.391 e. The summed E-state index contributed by atoms with van der Waals surface area (Å²) in [7, 11) is 0. The summed E-state index contributed by atoms with van der Waals surface area (Å²) >= 11 is 0. The predicted molar refractivity (Wildman–Crippen MR) is 61.9 cm³/mol. The molecular formula is C12H16F3N3O. The summed E-state index contributed by atoms with van der Waals surface area (Å²) < 4.78 is 37.5. The average molecular weight is 275 g/mol. The molecule has 0 spiro atoms. The van der Waals surface area contributed by atoms with Crippen molar-refractivity contribution in [3.8, 4) is 0 Å². The SMILES string of the molecule is O=C(NCc1ncc[nH]1)C1CCC(C(F)(F)F)CC1. The van der Waals surface area contributed by atoms with Gasteiger partial charge in [-0.2, -0.15) is 13.2 Å². The monoisotopic (exact) mass is 275 g/mol. The molecule has 0 aromatic carbocycles. The summed E-state index contributed by atoms with van der Waals surface area (Å²) in [5.74, 6) is -1.11. The van der Waals surface area contributed by atoms with Gasteiger partial charge in [0.1, 0.15) is 5.82 Å². The average Bonchev–Trinajstić information content (AvgIpc) is 2.88. The van der Waals surface area contributed by atoms with E-state index in [1.165, 1.54) is 0 Å². The molecule has 1 aromatic heterocycles. The number of nitrogens with one attached hydrogen (secondary N) is 2. The number of amides is 1. The Bertz CT molecular complexity index is 408. The molecule has 1 amide bonds. The van der Waals surface area contributed by atoms with Gasteiger partial charge in [-0.25, -0.2) is 4.98 Å². The molecule has 1 aliphatic carbocycles. The van der Waals surface area contributed by atoms with Gasteiger partial charge in [0.05, 0.1) is 12.5 Å². The van der Waals surface area contributed by atoms with Crippen molar-refractivity contribution in [3.63, 3.8) is 0 Å². The van der Waals surface area contributed by atoms with Crippen LogP contribution in [-0.4, -0.2) is 22.1 Å². The maximum Gasteiger partial charge on any atom is 0.391 e. The van der Waals surface area contributed by atoms with Gasteiger partial charge in [0.15, 0.2) is 0 Å². The minimum Gasteiger partial charge on any atom is -0.349 e. The number of carbonyl (C=O) groups is 1. The van der Waals surface area contributed by atoms with Crippen LogP contribution in [0.5, 0.6) is 0 Å². The second-order valence-electron chi connectivity index (χ2n) is 4.84. The molecule has 1 heterocycles. The van der Waals surface area contributed by atoms with Crippen molar-refractivity contribution >= 4 is 5.91 Å². The number of imidazole rings is 1. The van der Waals surface area contributed by atoms with E-state index < -0.39 is 12.1 Å². The van der Waals surface area contributed by atoms with Gasteiger partial charge >= 0.3 is 6.18 Å². The molecule has 4 nitrogen and oxygen atoms in total. The van der Waals surface area contributed by atoms with Crippen LogP contribution in [0.3, 0.4) is 0 Å². The molecule has 1 saturated carbocycles. The van der Waals surface area contributed by atoms with Crippen molar-refractivity contribution in [3.05, 3.63) is 18.2 Å². The highest BCUT2D eigenvalue weighted by atomic mass is 19.4. The number of alkyl halides is 3. The zero-order valence-electron chi connectivity index (χ0n) is 10.3. The fourth-order valence-electron chi connectivity index (χ4n) is 2.39. The van der Waals surface area contributed by atoms with E-state index in [0.29, 0.717) is 18.7 Å². The molecule has 2 N–H and O–H groups in total. The molecular weight excluding hydrogens is 259 g/mol. The number of rotatable bonds is 3. The number of hydrogen-bond donors (Lipinski definition) is 2. The molecule has 0 atom stereocenters. The van der Waals surface area contributed by atoms with E-state index in [1.807, 2.05) is 0 Å². The first-order valence-electron chi connectivity index (χ1n) is 6.29. The normalized spacial score (nSPS) is 24.2. The van der Waals surface area contributed by atoms with E-state index in [-0.39, 0.29) is 31.2 Å². The topological polar surface area (TPSA) is 57.8 Å². The third kappa shape index (κ3) is 3.71. The van der Waals surface area contributed by atoms with E-state index in [0.717, 1.165) is 0 Å². The standard InChI is InChI=1S/C12H16F3N3O/c13-12(14,15)9-3-1-8(2-4-9)11(19)18-7-10-16-5-6-17-10/h5-6,8-9H,1-4,7H2,(H,16,17)(H,18,19). The van der Waals surface area contributed by atoms with Gasteiger partial charge in [0.25, 0.3) is 0 Å². The third-order valence-electron chi connectivity index (χ3n) is 3.55. The molecule has 1 fully saturated rings. The molecule has 106 valence electrons. The van der Waals surface area contributed by atoms with Crippen molar-refractivity contribution in [1.82, 2.24) is 15.3 Å². The summed E-state index contributed by atoms with van der Waals surface area (Å²) in [6.45, 7) is 0.283. The fraction of sp³-hybridized carbons (Fsp3) is 0.667. The molecule has 1 aromatic rings. The highest BCUT2D eigenvalue weighted by Gasteiger charge is 2.42. The number of H-pyrrole nitrogens is 1. The first-order valence-corrected chi connectivity index (χ1v) is 6.29. The van der Waals surface area contributed by atoms with Crippen LogP contribution in [0.1, 0.15) is 31.5 Å². The van der Waals surface area contributed by atoms with Crippen molar-refractivity contribution in [2.75, 3.05) is 0 Å². The van der Waals surface area contributed by atoms with Crippen molar-refractivity contribution in [2.45, 2.75) is 38.4 Å². The first kappa shape index (κ1) is 13.9. The molecule has 0 aliphatic heterocycles. The maximum atomic E-state index is 12.5. The van der Waals surface area contributed by atoms with E-state index in [4.69, 9.17) is 0 Å². The molecule has 7 heteroatoms. The molecule has 0 saturated heterocycles. The number of carbonyl (C=O) groups excluding carboxylic acids is 1. The Balaban J connectivity index is 1.76. The highest BCUT2D eigenvalue weighted by Crippen LogP contribution is 2.39. The van der Waals surface area contributed by atoms with Crippen LogP contribution >= 0.6 is 0 Å². The Morgan fingerprint density at radius 3 is 2.58 bits per heavy atom. The minimum atomic E-state index is -4.13. The van der Waals surface area contributed by atoms with Gasteiger partial charge in [-0.1, -0.05) is 0 Å². The summed E-state index contributed by atoms with van der Waals surface area (Å²) in [6, 6.07) is 0. The van der Waals surface area contributed by atoms with Crippen LogP contribution in [-0.2, 0) is 11.3 Å². The molecule has 0 radical (unpaired) electrons.